The molecule has 12 heteroatoms. The van der Waals surface area contributed by atoms with Gasteiger partial charge in [0.2, 0.25) is 6.10 Å². The molecule has 6 rings (SSSR count). The van der Waals surface area contributed by atoms with E-state index in [4.69, 9.17) is 10.5 Å². The third-order valence-corrected chi connectivity index (χ3v) is 9.05. The van der Waals surface area contributed by atoms with Gasteiger partial charge in [0, 0.05) is 36.1 Å². The average molecular weight is 641 g/mol. The van der Waals surface area contributed by atoms with Gasteiger partial charge in [-0.3, -0.25) is 9.48 Å². The van der Waals surface area contributed by atoms with Crippen LogP contribution in [-0.4, -0.2) is 69.2 Å². The number of anilines is 2. The van der Waals surface area contributed by atoms with Gasteiger partial charge in [0.05, 0.1) is 24.1 Å². The summed E-state index contributed by atoms with van der Waals surface area (Å²) in [4.78, 5) is 37.9. The van der Waals surface area contributed by atoms with E-state index in [1.165, 1.54) is 56.1 Å². The van der Waals surface area contributed by atoms with Crippen LogP contribution in [0.25, 0.3) is 11.3 Å². The molecule has 0 saturated carbocycles. The van der Waals surface area contributed by atoms with Crippen molar-refractivity contribution >= 4 is 23.4 Å². The van der Waals surface area contributed by atoms with Gasteiger partial charge in [-0.15, -0.1) is 0 Å². The minimum atomic E-state index is -1.32. The second-order valence-corrected chi connectivity index (χ2v) is 12.3. The smallest absolute Gasteiger partial charge is 0.361 e. The number of carbonyl (C=O) groups excluding carboxylic acids is 2. The molecular formula is C35H41FN8O3. The first-order valence-electron chi connectivity index (χ1n) is 16.4. The third-order valence-electron chi connectivity index (χ3n) is 9.05. The molecule has 4 heterocycles. The van der Waals surface area contributed by atoms with Gasteiger partial charge in [-0.25, -0.2) is 19.2 Å². The number of carbonyl (C=O) groups is 2. The number of hydrogen-bond acceptors (Lipinski definition) is 9. The number of ether oxygens (including phenoxy) is 1. The number of halogens is 1. The van der Waals surface area contributed by atoms with Crippen molar-refractivity contribution in [2.24, 2.45) is 5.92 Å². The Labute approximate surface area is 273 Å². The van der Waals surface area contributed by atoms with Crippen molar-refractivity contribution in [1.82, 2.24) is 30.0 Å². The van der Waals surface area contributed by atoms with Crippen molar-refractivity contribution in [2.45, 2.75) is 50.7 Å². The molecule has 0 radical (unpaired) electrons. The van der Waals surface area contributed by atoms with Gasteiger partial charge >= 0.3 is 5.97 Å². The van der Waals surface area contributed by atoms with E-state index in [0.717, 1.165) is 51.5 Å². The standard InChI is InChI=1S/C35H41FN8O3/c36-27-8-10-28(11-9-27)41-34(45)32(25-6-2-1-3-7-25)47-35(46)31-33(37)39-22-30(42-31)26-21-40-44(23-26)29-14-19-43(20-15-29)18-4-5-24-12-16-38-17-13-24/h1-3,6-11,21-24,29,32,38H,4-5,12-20H2,(H2,37,39)(H,41,45)/t32-/m1/s1. The maximum absolute atomic E-state index is 13.4. The minimum Gasteiger partial charge on any atom is -0.442 e. The van der Waals surface area contributed by atoms with Crippen LogP contribution in [0, 0.1) is 11.7 Å². The van der Waals surface area contributed by atoms with Crippen LogP contribution in [0.5, 0.6) is 0 Å². The van der Waals surface area contributed by atoms with Crippen LogP contribution in [0.2, 0.25) is 0 Å². The molecule has 2 aliphatic heterocycles. The van der Waals surface area contributed by atoms with Crippen LogP contribution in [0.1, 0.15) is 66.7 Å². The Balaban J connectivity index is 1.09. The summed E-state index contributed by atoms with van der Waals surface area (Å²) in [7, 11) is 0. The van der Waals surface area contributed by atoms with E-state index in [2.05, 4.69) is 30.6 Å². The summed E-state index contributed by atoms with van der Waals surface area (Å²) in [5.74, 6) is -1.21. The first-order valence-corrected chi connectivity index (χ1v) is 16.4. The number of aromatic nitrogens is 4. The molecule has 1 amide bonds. The second-order valence-electron chi connectivity index (χ2n) is 12.3. The molecule has 0 unspecified atom stereocenters. The molecular weight excluding hydrogens is 599 g/mol. The first kappa shape index (κ1) is 32.3. The fourth-order valence-corrected chi connectivity index (χ4v) is 6.34. The van der Waals surface area contributed by atoms with E-state index in [-0.39, 0.29) is 17.6 Å². The van der Waals surface area contributed by atoms with Gasteiger partial charge in [-0.05, 0) is 88.3 Å². The average Bonchev–Trinajstić information content (AvgIpc) is 3.60. The Hall–Kier alpha value is -4.68. The van der Waals surface area contributed by atoms with Crippen LogP contribution < -0.4 is 16.4 Å². The predicted octanol–water partition coefficient (Wildman–Crippen LogP) is 5.01. The van der Waals surface area contributed by atoms with Crippen LogP contribution in [0.4, 0.5) is 15.9 Å². The van der Waals surface area contributed by atoms with Crippen molar-refractivity contribution in [3.8, 4) is 11.3 Å². The Kier molecular flexibility index (Phi) is 10.5. The summed E-state index contributed by atoms with van der Waals surface area (Å²) in [6.07, 6.45) is 11.0. The summed E-state index contributed by atoms with van der Waals surface area (Å²) in [5, 5.41) is 10.7. The van der Waals surface area contributed by atoms with Gasteiger partial charge in [0.25, 0.3) is 5.91 Å². The lowest BCUT2D eigenvalue weighted by atomic mass is 9.93. The molecule has 246 valence electrons. The topological polar surface area (TPSA) is 140 Å². The number of benzene rings is 2. The second kappa shape index (κ2) is 15.3. The lowest BCUT2D eigenvalue weighted by Crippen LogP contribution is -2.35. The summed E-state index contributed by atoms with van der Waals surface area (Å²) in [6, 6.07) is 14.2. The van der Waals surface area contributed by atoms with Gasteiger partial charge < -0.3 is 26.0 Å². The Morgan fingerprint density at radius 3 is 2.51 bits per heavy atom. The SMILES string of the molecule is Nc1ncc(-c2cnn(C3CCN(CCCC4CCNCC4)CC3)c2)nc1C(=O)O[C@@H](C(=O)Nc1ccc(F)cc1)c1ccccc1. The number of amides is 1. The third kappa shape index (κ3) is 8.38. The maximum Gasteiger partial charge on any atom is 0.361 e. The molecule has 1 atom stereocenters. The van der Waals surface area contributed by atoms with E-state index in [1.807, 2.05) is 10.9 Å². The van der Waals surface area contributed by atoms with E-state index < -0.39 is 23.8 Å². The molecule has 47 heavy (non-hydrogen) atoms. The predicted molar refractivity (Wildman–Crippen MR) is 177 cm³/mol. The van der Waals surface area contributed by atoms with Crippen molar-refractivity contribution < 1.29 is 18.7 Å². The molecule has 2 aromatic heterocycles. The normalized spacial score (nSPS) is 16.9. The summed E-state index contributed by atoms with van der Waals surface area (Å²) < 4.78 is 21.0. The fourth-order valence-electron chi connectivity index (χ4n) is 6.34. The maximum atomic E-state index is 13.4. The zero-order valence-electron chi connectivity index (χ0n) is 26.4. The number of nitrogens with one attached hydrogen (secondary N) is 2. The quantitative estimate of drug-likeness (QED) is 0.193. The molecule has 0 spiro atoms. The van der Waals surface area contributed by atoms with Crippen LogP contribution in [0.15, 0.2) is 73.2 Å². The van der Waals surface area contributed by atoms with Crippen molar-refractivity contribution in [1.29, 1.82) is 0 Å². The number of hydrogen-bond donors (Lipinski definition) is 3. The molecule has 2 aromatic carbocycles. The number of nitrogen functional groups attached to an aromatic ring is 1. The van der Waals surface area contributed by atoms with Crippen molar-refractivity contribution in [3.05, 3.63) is 90.3 Å². The number of rotatable bonds is 11. The van der Waals surface area contributed by atoms with Gasteiger partial charge in [0.15, 0.2) is 11.5 Å². The molecule has 2 saturated heterocycles. The lowest BCUT2D eigenvalue weighted by molar-refractivity contribution is -0.125. The molecule has 2 fully saturated rings. The van der Waals surface area contributed by atoms with Gasteiger partial charge in [-0.2, -0.15) is 5.10 Å². The first-order chi connectivity index (χ1) is 22.9. The van der Waals surface area contributed by atoms with E-state index >= 15 is 0 Å². The van der Waals surface area contributed by atoms with E-state index in [1.54, 1.807) is 36.5 Å². The molecule has 2 aliphatic rings. The van der Waals surface area contributed by atoms with Gasteiger partial charge in [0.1, 0.15) is 5.82 Å². The number of piperidine rings is 2. The van der Waals surface area contributed by atoms with Crippen molar-refractivity contribution in [2.75, 3.05) is 43.8 Å². The van der Waals surface area contributed by atoms with Crippen LogP contribution in [-0.2, 0) is 9.53 Å². The highest BCUT2D eigenvalue weighted by molar-refractivity contribution is 5.99. The molecule has 11 nitrogen and oxygen atoms in total. The highest BCUT2D eigenvalue weighted by Gasteiger charge is 2.28. The lowest BCUT2D eigenvalue weighted by Gasteiger charge is -2.32. The van der Waals surface area contributed by atoms with Crippen LogP contribution >= 0.6 is 0 Å². The Morgan fingerprint density at radius 2 is 1.77 bits per heavy atom. The molecule has 0 bridgehead atoms. The number of nitrogens with two attached hydrogens (primary N) is 1. The number of likely N-dealkylation sites (tertiary alicyclic amines) is 1. The van der Waals surface area contributed by atoms with E-state index in [0.29, 0.717) is 22.5 Å². The zero-order chi connectivity index (χ0) is 32.6. The van der Waals surface area contributed by atoms with Crippen molar-refractivity contribution in [3.63, 3.8) is 0 Å². The monoisotopic (exact) mass is 640 g/mol. The summed E-state index contributed by atoms with van der Waals surface area (Å²) >= 11 is 0. The summed E-state index contributed by atoms with van der Waals surface area (Å²) in [6.45, 7) is 5.55. The number of nitrogens with zero attached hydrogens (tertiary/aromatic N) is 5. The van der Waals surface area contributed by atoms with Crippen LogP contribution in [0.3, 0.4) is 0 Å². The Bertz CT molecular complexity index is 1630. The summed E-state index contributed by atoms with van der Waals surface area (Å²) in [5.41, 5.74) is 7.77. The molecule has 0 aliphatic carbocycles. The molecule has 4 N–H and O–H groups in total. The highest BCUT2D eigenvalue weighted by atomic mass is 19.1. The Morgan fingerprint density at radius 1 is 1.02 bits per heavy atom. The van der Waals surface area contributed by atoms with Gasteiger partial charge in [-0.1, -0.05) is 30.3 Å². The largest absolute Gasteiger partial charge is 0.442 e. The minimum absolute atomic E-state index is 0.121. The highest BCUT2D eigenvalue weighted by Crippen LogP contribution is 2.27. The number of esters is 1. The zero-order valence-corrected chi connectivity index (χ0v) is 26.4. The fraction of sp³-hybridized carbons (Fsp3) is 0.400. The molecule has 4 aromatic rings. The van der Waals surface area contributed by atoms with E-state index in [9.17, 15) is 14.0 Å².